The molecular formula is C59H78N8O9S. The van der Waals surface area contributed by atoms with Gasteiger partial charge in [0, 0.05) is 101 Å². The number of esters is 1. The Morgan fingerprint density at radius 1 is 1.00 bits per heavy atom. The quantitative estimate of drug-likeness (QED) is 0.138. The number of rotatable bonds is 12. The van der Waals surface area contributed by atoms with Crippen LogP contribution in [0.3, 0.4) is 0 Å². The van der Waals surface area contributed by atoms with Gasteiger partial charge in [0.05, 0.1) is 67.9 Å². The van der Waals surface area contributed by atoms with Crippen molar-refractivity contribution in [2.45, 2.75) is 159 Å². The minimum absolute atomic E-state index is 0.0666. The lowest BCUT2D eigenvalue weighted by molar-refractivity contribution is -0.203. The van der Waals surface area contributed by atoms with Gasteiger partial charge < -0.3 is 43.2 Å². The lowest BCUT2D eigenvalue weighted by Gasteiger charge is -2.58. The maximum absolute atomic E-state index is 15.4. The molecule has 77 heavy (non-hydrogen) atoms. The molecule has 414 valence electrons. The van der Waals surface area contributed by atoms with E-state index in [0.717, 1.165) is 89.5 Å². The van der Waals surface area contributed by atoms with Crippen LogP contribution in [0.25, 0.3) is 33.4 Å². The smallest absolute Gasteiger partial charge is 0.324 e. The average Bonchev–Trinajstić information content (AvgIpc) is 3.86. The standard InChI is InChI=1S/C59H78N8O9S/c1-35-40-25-59(26-40,76-35)56(70)62-50-52(65-30-58(31-65)33-73-34-58)53-61-47(29-77-53)38-8-11-48-43(23-38)45(27-57(3,4)32-75-55(69)46-7-6-16-67(63-46)54(50)68)51(66(48)19-22-74-42-14-20-72-21-15-42)44-24-39(28-60-49(44)36(2)71-5)37-12-17-64(18-13-37)41-9-10-41/h8,11,23-24,28-29,35-37,40-42,46,50,52,63H,6-7,9-10,12-22,25-27,30-34H2,1-5H3,(H,62,70)/t35-,36-,40?,46-,50-,52-,59?/m0/s1/i1D3. The molecule has 2 saturated carbocycles. The van der Waals surface area contributed by atoms with Crippen molar-refractivity contribution in [2.75, 3.05) is 79.5 Å². The van der Waals surface area contributed by atoms with Gasteiger partial charge in [-0.15, -0.1) is 11.3 Å². The van der Waals surface area contributed by atoms with Crippen molar-refractivity contribution >= 4 is 40.0 Å². The SMILES string of the molecule is [2H]C([2H])([2H])[C@@H]1OC2(C(=O)N[C@@H]3C(=O)N4CCC[C@H](N4)C(=O)OCC(C)(C)Cc4c(-c5cc(C6CCN(C7CC7)CC6)cnc5[C@H](C)OC)n(CCOC5CCOCC5)c5ccc(cc45)-c4csc(n4)[C@H]3N3CC4(COC4)C3)CC1C2. The summed E-state index contributed by atoms with van der Waals surface area (Å²) in [5, 5.41) is 8.37. The van der Waals surface area contributed by atoms with Gasteiger partial charge in [-0.25, -0.2) is 10.4 Å². The van der Waals surface area contributed by atoms with Crippen molar-refractivity contribution in [1.82, 2.24) is 40.1 Å². The topological polar surface area (TPSA) is 171 Å². The zero-order valence-electron chi connectivity index (χ0n) is 48.2. The monoisotopic (exact) mass is 1080 g/mol. The molecule has 17 nitrogen and oxygen atoms in total. The second kappa shape index (κ2) is 20.6. The number of cyclic esters (lactones) is 1. The van der Waals surface area contributed by atoms with E-state index in [0.29, 0.717) is 89.4 Å². The Morgan fingerprint density at radius 3 is 2.53 bits per heavy atom. The molecule has 8 aliphatic heterocycles. The van der Waals surface area contributed by atoms with Gasteiger partial charge >= 0.3 is 5.97 Å². The van der Waals surface area contributed by atoms with E-state index < -0.39 is 59.9 Å². The van der Waals surface area contributed by atoms with Gasteiger partial charge in [-0.1, -0.05) is 19.9 Å². The third-order valence-electron chi connectivity index (χ3n) is 18.6. The number of hydrazine groups is 1. The molecule has 7 saturated heterocycles. The summed E-state index contributed by atoms with van der Waals surface area (Å²) in [6.07, 6.45) is 9.30. The van der Waals surface area contributed by atoms with Gasteiger partial charge in [0.2, 0.25) is 0 Å². The van der Waals surface area contributed by atoms with E-state index in [1.165, 1.54) is 34.8 Å². The zero-order valence-corrected chi connectivity index (χ0v) is 46.0. The van der Waals surface area contributed by atoms with E-state index in [4.69, 9.17) is 42.5 Å². The van der Waals surface area contributed by atoms with E-state index in [1.54, 1.807) is 7.11 Å². The molecule has 11 heterocycles. The van der Waals surface area contributed by atoms with E-state index in [9.17, 15) is 9.59 Å². The molecule has 8 bridgehead atoms. The minimum Gasteiger partial charge on any atom is -0.464 e. The molecular weight excluding hydrogens is 997 g/mol. The fourth-order valence-electron chi connectivity index (χ4n) is 13.9. The second-order valence-electron chi connectivity index (χ2n) is 24.8. The number of carbonyl (C=O) groups excluding carboxylic acids is 3. The molecule has 4 aromatic rings. The summed E-state index contributed by atoms with van der Waals surface area (Å²) in [7, 11) is 1.74. The summed E-state index contributed by atoms with van der Waals surface area (Å²) < 4.78 is 63.6. The number of benzene rings is 1. The lowest BCUT2D eigenvalue weighted by Crippen LogP contribution is -2.70. The summed E-state index contributed by atoms with van der Waals surface area (Å²) in [6, 6.07) is 6.96. The van der Waals surface area contributed by atoms with E-state index in [-0.39, 0.29) is 43.0 Å². The first kappa shape index (κ1) is 48.5. The van der Waals surface area contributed by atoms with E-state index in [2.05, 4.69) is 76.3 Å². The highest BCUT2D eigenvalue weighted by Crippen LogP contribution is 2.53. The molecule has 1 aromatic carbocycles. The normalized spacial score (nSPS) is 31.1. The molecule has 9 fully saturated rings. The van der Waals surface area contributed by atoms with Gasteiger partial charge in [-0.2, -0.15) is 0 Å². The van der Waals surface area contributed by atoms with Crippen LogP contribution in [-0.4, -0.2) is 163 Å². The fourth-order valence-corrected chi connectivity index (χ4v) is 14.9. The highest BCUT2D eigenvalue weighted by Gasteiger charge is 2.62. The molecule has 10 aliphatic rings. The number of aromatic nitrogens is 3. The van der Waals surface area contributed by atoms with Gasteiger partial charge in [0.15, 0.2) is 0 Å². The van der Waals surface area contributed by atoms with Crippen molar-refractivity contribution in [3.05, 3.63) is 57.7 Å². The number of nitrogens with one attached hydrogen (secondary N) is 2. The highest BCUT2D eigenvalue weighted by atomic mass is 32.1. The molecule has 3 aromatic heterocycles. The number of methoxy groups -OCH3 is 1. The molecule has 2 N–H and O–H groups in total. The Kier molecular flexibility index (Phi) is 13.0. The summed E-state index contributed by atoms with van der Waals surface area (Å²) in [6.45, 7) is 11.4. The van der Waals surface area contributed by atoms with Crippen LogP contribution in [0.15, 0.2) is 35.8 Å². The molecule has 2 amide bonds. The Labute approximate surface area is 460 Å². The number of hydrogen-bond donors (Lipinski definition) is 2. The molecule has 1 spiro atoms. The summed E-state index contributed by atoms with van der Waals surface area (Å²) >= 11 is 1.45. The number of piperidine rings is 1. The number of fused-ring (bicyclic) bond motifs is 7. The van der Waals surface area contributed by atoms with Crippen LogP contribution in [0.1, 0.15) is 136 Å². The predicted molar refractivity (Wildman–Crippen MR) is 290 cm³/mol. The first-order valence-corrected chi connectivity index (χ1v) is 29.5. The van der Waals surface area contributed by atoms with Crippen molar-refractivity contribution in [1.29, 1.82) is 0 Å². The minimum atomic E-state index is -2.39. The Morgan fingerprint density at radius 2 is 1.81 bits per heavy atom. The van der Waals surface area contributed by atoms with Crippen molar-refractivity contribution in [3.8, 4) is 22.5 Å². The van der Waals surface area contributed by atoms with E-state index in [1.807, 2.05) is 5.38 Å². The molecule has 0 radical (unpaired) electrons. The second-order valence-corrected chi connectivity index (χ2v) is 25.7. The number of amides is 2. The van der Waals surface area contributed by atoms with Gasteiger partial charge in [-0.05, 0) is 139 Å². The van der Waals surface area contributed by atoms with Crippen LogP contribution in [0.2, 0.25) is 0 Å². The third-order valence-corrected chi connectivity index (χ3v) is 19.5. The van der Waals surface area contributed by atoms with Crippen LogP contribution in [0.5, 0.6) is 0 Å². The van der Waals surface area contributed by atoms with Gasteiger partial charge in [-0.3, -0.25) is 29.3 Å². The Balaban J connectivity index is 0.941. The Hall–Kier alpha value is -4.37. The first-order valence-electron chi connectivity index (χ1n) is 30.1. The summed E-state index contributed by atoms with van der Waals surface area (Å²) in [4.78, 5) is 60.3. The molecule has 18 heteroatoms. The fraction of sp³-hybridized carbons (Fsp3) is 0.678. The predicted octanol–water partition coefficient (Wildman–Crippen LogP) is 7.12. The first-order chi connectivity index (χ1) is 38.5. The molecule has 5 atom stereocenters. The number of hydrogen-bond acceptors (Lipinski definition) is 15. The maximum Gasteiger partial charge on any atom is 0.324 e. The number of likely N-dealkylation sites (tertiary alicyclic amines) is 2. The Bertz CT molecular complexity index is 2990. The number of pyridine rings is 1. The maximum atomic E-state index is 15.4. The highest BCUT2D eigenvalue weighted by molar-refractivity contribution is 7.10. The van der Waals surface area contributed by atoms with Crippen LogP contribution in [-0.2, 0) is 55.8 Å². The summed E-state index contributed by atoms with van der Waals surface area (Å²) in [5.74, 6) is -1.31. The zero-order chi connectivity index (χ0) is 55.3. The van der Waals surface area contributed by atoms with Crippen LogP contribution in [0, 0.1) is 16.7 Å². The number of thiazole rings is 1. The van der Waals surface area contributed by atoms with Crippen molar-refractivity contribution in [2.24, 2.45) is 16.7 Å². The van der Waals surface area contributed by atoms with E-state index >= 15 is 4.79 Å². The summed E-state index contributed by atoms with van der Waals surface area (Å²) in [5.41, 5.74) is 9.16. The van der Waals surface area contributed by atoms with Crippen LogP contribution in [0.4, 0.5) is 0 Å². The lowest BCUT2D eigenvalue weighted by atomic mass is 9.72. The molecule has 14 rings (SSSR count). The van der Waals surface area contributed by atoms with Gasteiger partial charge in [0.25, 0.3) is 11.8 Å². The number of ether oxygens (including phenoxy) is 6. The largest absolute Gasteiger partial charge is 0.464 e. The van der Waals surface area contributed by atoms with Crippen LogP contribution < -0.4 is 10.7 Å². The van der Waals surface area contributed by atoms with Crippen molar-refractivity contribution in [3.63, 3.8) is 0 Å². The third kappa shape index (κ3) is 9.86. The number of carbonyl (C=O) groups is 3. The molecule has 2 aliphatic carbocycles. The van der Waals surface area contributed by atoms with Crippen LogP contribution >= 0.6 is 11.3 Å². The van der Waals surface area contributed by atoms with Gasteiger partial charge in [0.1, 0.15) is 22.7 Å². The average molecular weight is 1080 g/mol. The number of nitrogens with zero attached hydrogens (tertiary/aromatic N) is 6. The molecule has 0 unspecified atom stereocenters. The van der Waals surface area contributed by atoms with Crippen molar-refractivity contribution < 1.29 is 46.9 Å².